The fourth-order valence-electron chi connectivity index (χ4n) is 3.69. The van der Waals surface area contributed by atoms with Crippen LogP contribution in [0.1, 0.15) is 38.4 Å². The fourth-order valence-corrected chi connectivity index (χ4v) is 4.56. The van der Waals surface area contributed by atoms with Gasteiger partial charge < -0.3 is 10.2 Å². The third kappa shape index (κ3) is 4.86. The van der Waals surface area contributed by atoms with E-state index in [-0.39, 0.29) is 23.5 Å². The average molecular weight is 453 g/mol. The normalized spacial score (nSPS) is 14.3. The van der Waals surface area contributed by atoms with Crippen LogP contribution in [0, 0.1) is 5.92 Å². The predicted molar refractivity (Wildman–Crippen MR) is 123 cm³/mol. The van der Waals surface area contributed by atoms with Gasteiger partial charge >= 0.3 is 0 Å². The van der Waals surface area contributed by atoms with Gasteiger partial charge in [0.1, 0.15) is 0 Å². The van der Waals surface area contributed by atoms with Gasteiger partial charge in [-0.25, -0.2) is 0 Å². The zero-order valence-electron chi connectivity index (χ0n) is 16.7. The molecule has 5 nitrogen and oxygen atoms in total. The van der Waals surface area contributed by atoms with Crippen LogP contribution in [-0.4, -0.2) is 35.6 Å². The van der Waals surface area contributed by atoms with Gasteiger partial charge in [0.15, 0.2) is 5.78 Å². The van der Waals surface area contributed by atoms with Gasteiger partial charge in [0.2, 0.25) is 5.91 Å². The maximum atomic E-state index is 13.0. The van der Waals surface area contributed by atoms with Crippen LogP contribution in [0.5, 0.6) is 0 Å². The van der Waals surface area contributed by atoms with E-state index in [2.05, 4.69) is 5.32 Å². The van der Waals surface area contributed by atoms with Crippen molar-refractivity contribution in [1.29, 1.82) is 0 Å². The minimum absolute atomic E-state index is 0.0160. The molecule has 1 aromatic heterocycles. The van der Waals surface area contributed by atoms with Crippen LogP contribution in [0.3, 0.4) is 0 Å². The molecule has 158 valence electrons. The number of nitrogens with one attached hydrogen (secondary N) is 1. The first-order valence-corrected chi connectivity index (χ1v) is 11.3. The van der Waals surface area contributed by atoms with Gasteiger partial charge in [0.05, 0.1) is 10.6 Å². The third-order valence-electron chi connectivity index (χ3n) is 5.41. The van der Waals surface area contributed by atoms with Crippen molar-refractivity contribution in [3.63, 3.8) is 0 Å². The minimum Gasteiger partial charge on any atom is -0.338 e. The topological polar surface area (TPSA) is 66.5 Å². The molecule has 0 aliphatic carbocycles. The minimum atomic E-state index is -0.220. The van der Waals surface area contributed by atoms with E-state index < -0.39 is 0 Å². The van der Waals surface area contributed by atoms with Crippen molar-refractivity contribution in [2.75, 3.05) is 18.4 Å². The van der Waals surface area contributed by atoms with Gasteiger partial charge in [-0.1, -0.05) is 48.0 Å². The molecule has 0 atom stereocenters. The number of anilines is 1. The summed E-state index contributed by atoms with van der Waals surface area (Å²) >= 11 is 7.54. The van der Waals surface area contributed by atoms with Crippen LogP contribution in [-0.2, 0) is 4.79 Å². The molecule has 1 aliphatic heterocycles. The van der Waals surface area contributed by atoms with E-state index in [0.717, 1.165) is 0 Å². The Balaban J connectivity index is 1.43. The number of hydrogen-bond donors (Lipinski definition) is 1. The molecule has 1 N–H and O–H groups in total. The molecular formula is C24H21ClN2O3S. The summed E-state index contributed by atoms with van der Waals surface area (Å²) in [4.78, 5) is 40.9. The number of halogens is 1. The monoisotopic (exact) mass is 452 g/mol. The van der Waals surface area contributed by atoms with E-state index in [9.17, 15) is 14.4 Å². The molecule has 2 amide bonds. The molecule has 0 saturated carbocycles. The summed E-state index contributed by atoms with van der Waals surface area (Å²) in [6.07, 6.45) is 1.16. The lowest BCUT2D eigenvalue weighted by Crippen LogP contribution is -2.41. The van der Waals surface area contributed by atoms with Crippen molar-refractivity contribution in [2.24, 2.45) is 5.92 Å². The number of hydrogen-bond acceptors (Lipinski definition) is 4. The summed E-state index contributed by atoms with van der Waals surface area (Å²) in [6.45, 7) is 1.07. The van der Waals surface area contributed by atoms with Crippen LogP contribution in [0.25, 0.3) is 0 Å². The number of carbonyl (C=O) groups excluding carboxylic acids is 3. The lowest BCUT2D eigenvalue weighted by Gasteiger charge is -2.31. The molecule has 0 bridgehead atoms. The van der Waals surface area contributed by atoms with Gasteiger partial charge in [0.25, 0.3) is 5.91 Å². The Morgan fingerprint density at radius 1 is 0.968 bits per heavy atom. The highest BCUT2D eigenvalue weighted by Gasteiger charge is 2.29. The maximum Gasteiger partial charge on any atom is 0.263 e. The second-order valence-corrected chi connectivity index (χ2v) is 8.80. The largest absolute Gasteiger partial charge is 0.338 e. The molecule has 1 fully saturated rings. The standard InChI is InChI=1S/C24H21ClN2O3S/c25-18-8-9-20(19(15-18)22(28)16-5-2-1-3-6-16)26-23(29)17-10-12-27(13-11-17)24(30)21-7-4-14-31-21/h1-9,14-15,17H,10-13H2,(H,26,29). The van der Waals surface area contributed by atoms with Gasteiger partial charge in [-0.15, -0.1) is 11.3 Å². The third-order valence-corrected chi connectivity index (χ3v) is 6.50. The summed E-state index contributed by atoms with van der Waals surface area (Å²) < 4.78 is 0. The molecule has 3 aromatic rings. The first kappa shape index (κ1) is 21.3. The van der Waals surface area contributed by atoms with E-state index in [4.69, 9.17) is 11.6 Å². The zero-order valence-corrected chi connectivity index (χ0v) is 18.3. The molecular weight excluding hydrogens is 432 g/mol. The Kier molecular flexibility index (Phi) is 6.49. The summed E-state index contributed by atoms with van der Waals surface area (Å²) in [5, 5.41) is 5.22. The van der Waals surface area contributed by atoms with E-state index >= 15 is 0 Å². The van der Waals surface area contributed by atoms with E-state index in [1.54, 1.807) is 47.4 Å². The van der Waals surface area contributed by atoms with Crippen molar-refractivity contribution in [3.05, 3.63) is 87.1 Å². The van der Waals surface area contributed by atoms with Crippen molar-refractivity contribution < 1.29 is 14.4 Å². The lowest BCUT2D eigenvalue weighted by atomic mass is 9.95. The van der Waals surface area contributed by atoms with Crippen molar-refractivity contribution in [1.82, 2.24) is 4.90 Å². The molecule has 1 aliphatic rings. The number of ketones is 1. The Morgan fingerprint density at radius 3 is 2.39 bits per heavy atom. The van der Waals surface area contributed by atoms with Gasteiger partial charge in [0, 0.05) is 35.2 Å². The molecule has 4 rings (SSSR count). The molecule has 2 aromatic carbocycles. The molecule has 31 heavy (non-hydrogen) atoms. The van der Waals surface area contributed by atoms with Crippen molar-refractivity contribution in [3.8, 4) is 0 Å². The SMILES string of the molecule is O=C(c1ccccc1)c1cc(Cl)ccc1NC(=O)C1CCN(C(=O)c2cccs2)CC1. The number of benzene rings is 2. The number of piperidine rings is 1. The highest BCUT2D eigenvalue weighted by Crippen LogP contribution is 2.26. The van der Waals surface area contributed by atoms with E-state index in [1.165, 1.54) is 11.3 Å². The van der Waals surface area contributed by atoms with Crippen LogP contribution >= 0.6 is 22.9 Å². The number of nitrogens with zero attached hydrogens (tertiary/aromatic N) is 1. The highest BCUT2D eigenvalue weighted by molar-refractivity contribution is 7.12. The summed E-state index contributed by atoms with van der Waals surface area (Å²) in [7, 11) is 0. The summed E-state index contributed by atoms with van der Waals surface area (Å²) in [5.74, 6) is -0.549. The second-order valence-electron chi connectivity index (χ2n) is 7.42. The number of amides is 2. The lowest BCUT2D eigenvalue weighted by molar-refractivity contribution is -0.121. The molecule has 0 unspecified atom stereocenters. The van der Waals surface area contributed by atoms with Gasteiger partial charge in [-0.2, -0.15) is 0 Å². The van der Waals surface area contributed by atoms with Crippen LogP contribution < -0.4 is 5.32 Å². The summed E-state index contributed by atoms with van der Waals surface area (Å²) in [6, 6.07) is 17.5. The molecule has 0 spiro atoms. The number of carbonyl (C=O) groups is 3. The number of likely N-dealkylation sites (tertiary alicyclic amines) is 1. The van der Waals surface area contributed by atoms with Gasteiger partial charge in [-0.3, -0.25) is 14.4 Å². The number of thiophene rings is 1. The molecule has 0 radical (unpaired) electrons. The zero-order chi connectivity index (χ0) is 21.8. The fraction of sp³-hybridized carbons (Fsp3) is 0.208. The molecule has 1 saturated heterocycles. The first-order chi connectivity index (χ1) is 15.0. The quantitative estimate of drug-likeness (QED) is 0.546. The Labute approximate surface area is 189 Å². The van der Waals surface area contributed by atoms with Gasteiger partial charge in [-0.05, 0) is 42.5 Å². The highest BCUT2D eigenvalue weighted by atomic mass is 35.5. The van der Waals surface area contributed by atoms with Crippen molar-refractivity contribution >= 4 is 46.2 Å². The van der Waals surface area contributed by atoms with Crippen LogP contribution in [0.4, 0.5) is 5.69 Å². The second kappa shape index (κ2) is 9.45. The smallest absolute Gasteiger partial charge is 0.263 e. The summed E-state index contributed by atoms with van der Waals surface area (Å²) in [5.41, 5.74) is 1.33. The maximum absolute atomic E-state index is 13.0. The number of rotatable bonds is 5. The van der Waals surface area contributed by atoms with E-state index in [0.29, 0.717) is 52.6 Å². The van der Waals surface area contributed by atoms with E-state index in [1.807, 2.05) is 23.6 Å². The average Bonchev–Trinajstić information content (AvgIpc) is 3.35. The van der Waals surface area contributed by atoms with Crippen molar-refractivity contribution in [2.45, 2.75) is 12.8 Å². The van der Waals surface area contributed by atoms with Crippen LogP contribution in [0.15, 0.2) is 66.0 Å². The first-order valence-electron chi connectivity index (χ1n) is 10.1. The predicted octanol–water partition coefficient (Wildman–Crippen LogP) is 5.12. The Bertz CT molecular complexity index is 1090. The Hall–Kier alpha value is -2.96. The molecule has 2 heterocycles. The molecule has 7 heteroatoms. The van der Waals surface area contributed by atoms with Crippen LogP contribution in [0.2, 0.25) is 5.02 Å². The Morgan fingerprint density at radius 2 is 1.71 bits per heavy atom.